The summed E-state index contributed by atoms with van der Waals surface area (Å²) in [5.41, 5.74) is 3.65. The standard InChI is InChI=1S/C37H44N10O4/c1-38-36(49)12-7-26(24-48)31-11-10-29(20-39-31)45-16-14-44(15-17-45)22-25-5-8-28(9-6-25)46-23-27-18-30(33(51-2)19-32(27)43-46)37(50)42-35-21-40-34-4-3-13-41-47(34)35/h3-4,10-11,13,18-21,23-26,28H,5-9,12,14-17,22H2,1-2H3,(H,38,49)(H,42,50). The number of piperazine rings is 1. The summed E-state index contributed by atoms with van der Waals surface area (Å²) in [5.74, 6) is 0.845. The van der Waals surface area contributed by atoms with Gasteiger partial charge in [-0.25, -0.2) is 4.98 Å². The quantitative estimate of drug-likeness (QED) is 0.183. The van der Waals surface area contributed by atoms with E-state index in [0.29, 0.717) is 53.3 Å². The van der Waals surface area contributed by atoms with Gasteiger partial charge in [-0.2, -0.15) is 14.7 Å². The zero-order valence-electron chi connectivity index (χ0n) is 29.1. The fourth-order valence-corrected chi connectivity index (χ4v) is 7.35. The van der Waals surface area contributed by atoms with Gasteiger partial charge >= 0.3 is 0 Å². The molecule has 1 atom stereocenters. The van der Waals surface area contributed by atoms with E-state index in [4.69, 9.17) is 9.84 Å². The molecule has 1 aromatic carbocycles. The normalized spacial score (nSPS) is 18.8. The lowest BCUT2D eigenvalue weighted by Gasteiger charge is -2.39. The number of aldehydes is 1. The van der Waals surface area contributed by atoms with Gasteiger partial charge in [-0.15, -0.1) is 0 Å². The summed E-state index contributed by atoms with van der Waals surface area (Å²) in [6.45, 7) is 4.97. The highest BCUT2D eigenvalue weighted by Crippen LogP contribution is 2.35. The molecule has 2 amide bonds. The summed E-state index contributed by atoms with van der Waals surface area (Å²) in [4.78, 5) is 50.4. The second-order valence-electron chi connectivity index (χ2n) is 13.5. The summed E-state index contributed by atoms with van der Waals surface area (Å²) in [7, 11) is 3.16. The lowest BCUT2D eigenvalue weighted by molar-refractivity contribution is -0.120. The van der Waals surface area contributed by atoms with E-state index < -0.39 is 0 Å². The number of benzene rings is 1. The summed E-state index contributed by atoms with van der Waals surface area (Å²) in [6, 6.07) is 11.6. The van der Waals surface area contributed by atoms with E-state index in [-0.39, 0.29) is 17.7 Å². The maximum atomic E-state index is 13.4. The highest BCUT2D eigenvalue weighted by Gasteiger charge is 2.27. The molecule has 7 rings (SSSR count). The molecule has 14 nitrogen and oxygen atoms in total. The molecule has 51 heavy (non-hydrogen) atoms. The molecular weight excluding hydrogens is 648 g/mol. The number of hydrogen-bond acceptors (Lipinski definition) is 10. The van der Waals surface area contributed by atoms with Gasteiger partial charge in [0.15, 0.2) is 11.5 Å². The fraction of sp³-hybridized carbons (Fsp3) is 0.432. The molecule has 5 heterocycles. The van der Waals surface area contributed by atoms with Crippen LogP contribution in [-0.2, 0) is 9.59 Å². The van der Waals surface area contributed by atoms with Gasteiger partial charge in [-0.1, -0.05) is 0 Å². The number of anilines is 2. The van der Waals surface area contributed by atoms with Crippen molar-refractivity contribution in [1.82, 2.24) is 39.6 Å². The Kier molecular flexibility index (Phi) is 10.2. The second kappa shape index (κ2) is 15.3. The van der Waals surface area contributed by atoms with E-state index in [1.807, 2.05) is 36.5 Å². The summed E-state index contributed by atoms with van der Waals surface area (Å²) in [6.07, 6.45) is 13.2. The van der Waals surface area contributed by atoms with E-state index in [1.54, 1.807) is 37.1 Å². The third kappa shape index (κ3) is 7.55. The van der Waals surface area contributed by atoms with Gasteiger partial charge in [0.2, 0.25) is 5.91 Å². The smallest absolute Gasteiger partial charge is 0.260 e. The number of hydrogen-bond donors (Lipinski definition) is 2. The van der Waals surface area contributed by atoms with Crippen LogP contribution in [0.1, 0.15) is 66.5 Å². The zero-order chi connectivity index (χ0) is 35.3. The molecule has 14 heteroatoms. The van der Waals surface area contributed by atoms with Crippen LogP contribution in [0.2, 0.25) is 0 Å². The molecule has 0 radical (unpaired) electrons. The van der Waals surface area contributed by atoms with Crippen molar-refractivity contribution < 1.29 is 19.1 Å². The van der Waals surface area contributed by atoms with Crippen LogP contribution in [-0.4, -0.2) is 99.2 Å². The molecule has 0 spiro atoms. The zero-order valence-corrected chi connectivity index (χ0v) is 29.1. The Labute approximate surface area is 296 Å². The van der Waals surface area contributed by atoms with Gasteiger partial charge in [0.25, 0.3) is 5.91 Å². The van der Waals surface area contributed by atoms with Crippen molar-refractivity contribution in [3.05, 3.63) is 72.4 Å². The Bertz CT molecular complexity index is 1990. The molecule has 1 unspecified atom stereocenters. The minimum atomic E-state index is -0.376. The predicted octanol–water partition coefficient (Wildman–Crippen LogP) is 4.10. The number of carbonyl (C=O) groups is 3. The van der Waals surface area contributed by atoms with E-state index in [1.165, 1.54) is 0 Å². The van der Waals surface area contributed by atoms with Crippen molar-refractivity contribution in [2.45, 2.75) is 50.5 Å². The molecule has 266 valence electrons. The van der Waals surface area contributed by atoms with E-state index in [0.717, 1.165) is 81.3 Å². The van der Waals surface area contributed by atoms with Crippen LogP contribution in [0.4, 0.5) is 11.5 Å². The molecule has 2 fully saturated rings. The van der Waals surface area contributed by atoms with Crippen LogP contribution >= 0.6 is 0 Å². The van der Waals surface area contributed by atoms with Crippen molar-refractivity contribution in [3.63, 3.8) is 0 Å². The Hall–Kier alpha value is -5.37. The first-order chi connectivity index (χ1) is 24.9. The van der Waals surface area contributed by atoms with Crippen LogP contribution in [0, 0.1) is 5.92 Å². The number of nitrogens with one attached hydrogen (secondary N) is 2. The van der Waals surface area contributed by atoms with Crippen molar-refractivity contribution in [2.24, 2.45) is 5.92 Å². The maximum Gasteiger partial charge on any atom is 0.260 e. The number of imidazole rings is 1. The van der Waals surface area contributed by atoms with Crippen molar-refractivity contribution in [1.29, 1.82) is 0 Å². The highest BCUT2D eigenvalue weighted by molar-refractivity contribution is 6.08. The number of pyridine rings is 1. The monoisotopic (exact) mass is 692 g/mol. The summed E-state index contributed by atoms with van der Waals surface area (Å²) < 4.78 is 9.27. The fourth-order valence-electron chi connectivity index (χ4n) is 7.35. The van der Waals surface area contributed by atoms with Crippen LogP contribution < -0.4 is 20.3 Å². The number of amides is 2. The summed E-state index contributed by atoms with van der Waals surface area (Å²) in [5, 5.41) is 15.6. The number of carbonyl (C=O) groups excluding carboxylic acids is 3. The predicted molar refractivity (Wildman–Crippen MR) is 193 cm³/mol. The molecular formula is C37H44N10O4. The molecule has 2 aliphatic rings. The third-order valence-electron chi connectivity index (χ3n) is 10.3. The molecule has 1 aliphatic carbocycles. The van der Waals surface area contributed by atoms with Gasteiger partial charge in [-0.3, -0.25) is 24.2 Å². The Morgan fingerprint density at radius 2 is 1.86 bits per heavy atom. The number of methoxy groups -OCH3 is 1. The van der Waals surface area contributed by atoms with Crippen LogP contribution in [0.25, 0.3) is 16.6 Å². The topological polar surface area (TPSA) is 152 Å². The molecule has 1 saturated heterocycles. The minimum absolute atomic E-state index is 0.0739. The molecule has 2 N–H and O–H groups in total. The lowest BCUT2D eigenvalue weighted by Crippen LogP contribution is -2.48. The van der Waals surface area contributed by atoms with Gasteiger partial charge in [0.1, 0.15) is 12.0 Å². The summed E-state index contributed by atoms with van der Waals surface area (Å²) >= 11 is 0. The van der Waals surface area contributed by atoms with E-state index in [9.17, 15) is 14.4 Å². The number of fused-ring (bicyclic) bond motifs is 2. The number of aromatic nitrogens is 6. The number of nitrogens with zero attached hydrogens (tertiary/aromatic N) is 8. The Morgan fingerprint density at radius 1 is 1.04 bits per heavy atom. The van der Waals surface area contributed by atoms with Gasteiger partial charge in [0, 0.05) is 70.0 Å². The van der Waals surface area contributed by atoms with E-state index >= 15 is 0 Å². The highest BCUT2D eigenvalue weighted by atomic mass is 16.5. The van der Waals surface area contributed by atoms with Crippen LogP contribution in [0.5, 0.6) is 5.75 Å². The average Bonchev–Trinajstić information content (AvgIpc) is 3.79. The first kappa shape index (κ1) is 34.1. The molecule has 4 aromatic heterocycles. The molecule has 5 aromatic rings. The van der Waals surface area contributed by atoms with Crippen molar-refractivity contribution in [3.8, 4) is 5.75 Å². The van der Waals surface area contributed by atoms with E-state index in [2.05, 4.69) is 46.4 Å². The molecule has 1 aliphatic heterocycles. The molecule has 0 bridgehead atoms. The first-order valence-corrected chi connectivity index (χ1v) is 17.7. The lowest BCUT2D eigenvalue weighted by atomic mass is 9.85. The average molecular weight is 693 g/mol. The van der Waals surface area contributed by atoms with Gasteiger partial charge in [0.05, 0.1) is 53.9 Å². The van der Waals surface area contributed by atoms with Crippen LogP contribution in [0.15, 0.2) is 61.2 Å². The largest absolute Gasteiger partial charge is 0.496 e. The first-order valence-electron chi connectivity index (χ1n) is 17.7. The van der Waals surface area contributed by atoms with Gasteiger partial charge < -0.3 is 25.1 Å². The second-order valence-corrected chi connectivity index (χ2v) is 13.5. The maximum absolute atomic E-state index is 13.4. The Morgan fingerprint density at radius 3 is 2.59 bits per heavy atom. The van der Waals surface area contributed by atoms with Crippen molar-refractivity contribution >= 4 is 46.2 Å². The SMILES string of the molecule is CNC(=O)CCC(C=O)c1ccc(N2CCN(CC3CCC(n4cc5cc(C(=O)Nc6cnc7cccnn67)c(OC)cc5n4)CC3)CC2)cn1. The Balaban J connectivity index is 0.903. The van der Waals surface area contributed by atoms with Crippen LogP contribution in [0.3, 0.4) is 0 Å². The van der Waals surface area contributed by atoms with Gasteiger partial charge in [-0.05, 0) is 68.4 Å². The number of rotatable bonds is 12. The van der Waals surface area contributed by atoms with Crippen molar-refractivity contribution in [2.75, 3.05) is 57.1 Å². The number of ether oxygens (including phenoxy) is 1. The minimum Gasteiger partial charge on any atom is -0.496 e. The third-order valence-corrected chi connectivity index (χ3v) is 10.3. The molecule has 1 saturated carbocycles.